The quantitative estimate of drug-likeness (QED) is 0.0514. The Balaban J connectivity index is -0.000000838. The average molecular weight is 692 g/mol. The molecule has 0 fully saturated rings. The van der Waals surface area contributed by atoms with E-state index < -0.39 is 0 Å². The van der Waals surface area contributed by atoms with Gasteiger partial charge < -0.3 is 10.1 Å². The Kier molecular flexibility index (Phi) is 58.3. The molecule has 0 aliphatic heterocycles. The van der Waals surface area contributed by atoms with E-state index in [1.165, 1.54) is 199 Å². The molecule has 0 aliphatic rings. The van der Waals surface area contributed by atoms with Gasteiger partial charge in [0.1, 0.15) is 0 Å². The van der Waals surface area contributed by atoms with Crippen molar-refractivity contribution < 1.29 is 4.74 Å². The van der Waals surface area contributed by atoms with Crippen molar-refractivity contribution >= 4 is 0 Å². The number of hydrogen-bond acceptors (Lipinski definition) is 2. The molecule has 0 amide bonds. The molecule has 0 spiro atoms. The number of unbranched alkanes of at least 4 members (excludes halogenated alkanes) is 28. The predicted molar refractivity (Wildman–Crippen MR) is 228 cm³/mol. The second kappa shape index (κ2) is 54.2. The summed E-state index contributed by atoms with van der Waals surface area (Å²) in [7, 11) is 2.00. The Labute approximate surface area is 313 Å². The van der Waals surface area contributed by atoms with E-state index in [1.54, 1.807) is 0 Å². The van der Waals surface area contributed by atoms with Crippen LogP contribution in [0.3, 0.4) is 0 Å². The smallest absolute Gasteiger partial charge is 0.0503 e. The van der Waals surface area contributed by atoms with E-state index in [4.69, 9.17) is 4.74 Å². The molecule has 0 aromatic rings. The molecule has 0 aliphatic carbocycles. The first-order chi connectivity index (χ1) is 24.2. The van der Waals surface area contributed by atoms with Crippen LogP contribution in [0.4, 0.5) is 0 Å². The van der Waals surface area contributed by atoms with Gasteiger partial charge >= 0.3 is 0 Å². The lowest BCUT2D eigenvalue weighted by atomic mass is 10.0. The molecule has 2 nitrogen and oxygen atoms in total. The molecular weight excluding hydrogens is 595 g/mol. The van der Waals surface area contributed by atoms with Crippen LogP contribution in [0.1, 0.15) is 247 Å². The van der Waals surface area contributed by atoms with Crippen LogP contribution in [-0.4, -0.2) is 26.8 Å². The van der Waals surface area contributed by atoms with E-state index in [9.17, 15) is 0 Å². The second-order valence-corrected chi connectivity index (χ2v) is 14.7. The molecule has 0 bridgehead atoms. The zero-order chi connectivity index (χ0) is 36.6. The van der Waals surface area contributed by atoms with Crippen molar-refractivity contribution in [2.45, 2.75) is 247 Å². The Morgan fingerprint density at radius 2 is 0.735 bits per heavy atom. The Morgan fingerprint density at radius 1 is 0.429 bits per heavy atom. The molecule has 1 N–H and O–H groups in total. The zero-order valence-corrected chi connectivity index (χ0v) is 35.5. The molecule has 0 radical (unpaired) electrons. The molecule has 0 aromatic carbocycles. The van der Waals surface area contributed by atoms with E-state index in [0.717, 1.165) is 26.2 Å². The van der Waals surface area contributed by atoms with Gasteiger partial charge in [0.15, 0.2) is 0 Å². The first-order valence-electron chi connectivity index (χ1n) is 22.7. The van der Waals surface area contributed by atoms with Gasteiger partial charge in [0, 0.05) is 6.61 Å². The third-order valence-corrected chi connectivity index (χ3v) is 9.40. The molecule has 49 heavy (non-hydrogen) atoms. The van der Waals surface area contributed by atoms with Crippen molar-refractivity contribution in [2.24, 2.45) is 5.92 Å². The molecule has 0 saturated heterocycles. The van der Waals surface area contributed by atoms with Crippen LogP contribution in [-0.2, 0) is 4.74 Å². The molecular formula is C47H97NO. The van der Waals surface area contributed by atoms with Crippen molar-refractivity contribution in [3.8, 4) is 0 Å². The maximum atomic E-state index is 5.72. The average Bonchev–Trinajstić information content (AvgIpc) is 3.12. The van der Waals surface area contributed by atoms with E-state index >= 15 is 0 Å². The van der Waals surface area contributed by atoms with Gasteiger partial charge in [-0.1, -0.05) is 233 Å². The summed E-state index contributed by atoms with van der Waals surface area (Å²) in [5.41, 5.74) is 0. The van der Waals surface area contributed by atoms with Crippen LogP contribution >= 0.6 is 0 Å². The normalized spacial score (nSPS) is 11.9. The third kappa shape index (κ3) is 57.0. The fourth-order valence-electron chi connectivity index (χ4n) is 6.21. The van der Waals surface area contributed by atoms with Crippen LogP contribution in [0.5, 0.6) is 0 Å². The second-order valence-electron chi connectivity index (χ2n) is 14.7. The van der Waals surface area contributed by atoms with Crippen LogP contribution in [0.25, 0.3) is 0 Å². The first-order valence-corrected chi connectivity index (χ1v) is 22.7. The SMILES string of the molecule is CC.CCCCC/C=C\C/C=C\CCCCCCCCCOCC(C)CNC.CCCCCCCCCCCCCCCCCCCCC. The van der Waals surface area contributed by atoms with Crippen LogP contribution in [0.2, 0.25) is 0 Å². The lowest BCUT2D eigenvalue weighted by molar-refractivity contribution is 0.101. The summed E-state index contributed by atoms with van der Waals surface area (Å²) in [6.45, 7) is 16.0. The number of ether oxygens (including phenoxy) is 1. The predicted octanol–water partition coefficient (Wildman–Crippen LogP) is 16.5. The highest BCUT2D eigenvalue weighted by atomic mass is 16.5. The van der Waals surface area contributed by atoms with Gasteiger partial charge in [-0.25, -0.2) is 0 Å². The minimum absolute atomic E-state index is 0.621. The van der Waals surface area contributed by atoms with Gasteiger partial charge in [-0.15, -0.1) is 0 Å². The van der Waals surface area contributed by atoms with Crippen molar-refractivity contribution in [2.75, 3.05) is 26.8 Å². The molecule has 1 atom stereocenters. The monoisotopic (exact) mass is 692 g/mol. The summed E-state index contributed by atoms with van der Waals surface area (Å²) < 4.78 is 5.72. The molecule has 296 valence electrons. The highest BCUT2D eigenvalue weighted by Gasteiger charge is 2.00. The standard InChI is InChI=1S/C24H47NO.C21H44.C2H6/c1-4-5-6-7-8-9-10-11-12-13-14-15-16-17-18-19-20-21-26-23-24(2)22-25-3;1-3-5-7-9-11-13-15-17-19-21-20-18-16-14-12-10-8-6-4-2;1-2/h8-9,11-12,24-25H,4-7,10,13-23H2,1-3H3;3-21H2,1-2H3;1-2H3/b9-8-,12-11-;;. The van der Waals surface area contributed by atoms with Crippen LogP contribution in [0.15, 0.2) is 24.3 Å². The zero-order valence-electron chi connectivity index (χ0n) is 35.5. The molecule has 0 rings (SSSR count). The maximum absolute atomic E-state index is 5.72. The van der Waals surface area contributed by atoms with Gasteiger partial charge in [0.2, 0.25) is 0 Å². The summed E-state index contributed by atoms with van der Waals surface area (Å²) >= 11 is 0. The topological polar surface area (TPSA) is 21.3 Å². The largest absolute Gasteiger partial charge is 0.381 e. The van der Waals surface area contributed by atoms with Gasteiger partial charge in [-0.2, -0.15) is 0 Å². The van der Waals surface area contributed by atoms with Crippen LogP contribution < -0.4 is 5.32 Å². The van der Waals surface area contributed by atoms with Crippen LogP contribution in [0, 0.1) is 5.92 Å². The fourth-order valence-corrected chi connectivity index (χ4v) is 6.21. The highest BCUT2D eigenvalue weighted by molar-refractivity contribution is 4.92. The van der Waals surface area contributed by atoms with Crippen molar-refractivity contribution in [3.63, 3.8) is 0 Å². The number of rotatable bonds is 38. The summed E-state index contributed by atoms with van der Waals surface area (Å²) in [4.78, 5) is 0. The van der Waals surface area contributed by atoms with Gasteiger partial charge in [0.25, 0.3) is 0 Å². The van der Waals surface area contributed by atoms with E-state index in [0.29, 0.717) is 5.92 Å². The molecule has 2 heteroatoms. The number of allylic oxidation sites excluding steroid dienone is 4. The lowest BCUT2D eigenvalue weighted by Gasteiger charge is -2.11. The minimum atomic E-state index is 0.621. The van der Waals surface area contributed by atoms with Gasteiger partial charge in [-0.3, -0.25) is 0 Å². The molecule has 0 saturated carbocycles. The lowest BCUT2D eigenvalue weighted by Crippen LogP contribution is -2.20. The van der Waals surface area contributed by atoms with Gasteiger partial charge in [0.05, 0.1) is 6.61 Å². The summed E-state index contributed by atoms with van der Waals surface area (Å²) in [6, 6.07) is 0. The Morgan fingerprint density at radius 3 is 1.10 bits per heavy atom. The van der Waals surface area contributed by atoms with Gasteiger partial charge in [-0.05, 0) is 58.0 Å². The third-order valence-electron chi connectivity index (χ3n) is 9.40. The highest BCUT2D eigenvalue weighted by Crippen LogP contribution is 2.15. The Bertz CT molecular complexity index is 552. The van der Waals surface area contributed by atoms with Crippen molar-refractivity contribution in [1.29, 1.82) is 0 Å². The summed E-state index contributed by atoms with van der Waals surface area (Å²) in [6.07, 6.45) is 54.3. The van der Waals surface area contributed by atoms with E-state index in [1.807, 2.05) is 20.9 Å². The molecule has 1 unspecified atom stereocenters. The summed E-state index contributed by atoms with van der Waals surface area (Å²) in [5.74, 6) is 0.621. The van der Waals surface area contributed by atoms with Crippen molar-refractivity contribution in [3.05, 3.63) is 24.3 Å². The molecule has 0 heterocycles. The minimum Gasteiger partial charge on any atom is -0.381 e. The maximum Gasteiger partial charge on any atom is 0.0503 e. The fraction of sp³-hybridized carbons (Fsp3) is 0.915. The van der Waals surface area contributed by atoms with Crippen molar-refractivity contribution in [1.82, 2.24) is 5.32 Å². The number of nitrogens with one attached hydrogen (secondary N) is 1. The summed E-state index contributed by atoms with van der Waals surface area (Å²) in [5, 5.41) is 3.19. The molecule has 0 aromatic heterocycles. The first kappa shape index (κ1) is 52.8. The Hall–Kier alpha value is -0.600. The van der Waals surface area contributed by atoms with E-state index in [2.05, 4.69) is 57.3 Å². The number of hydrogen-bond donors (Lipinski definition) is 1. The van der Waals surface area contributed by atoms with E-state index in [-0.39, 0.29) is 0 Å².